The summed E-state index contributed by atoms with van der Waals surface area (Å²) in [5.74, 6) is 0.312. The Morgan fingerprint density at radius 1 is 1.23 bits per heavy atom. The zero-order valence-electron chi connectivity index (χ0n) is 12.4. The lowest BCUT2D eigenvalue weighted by molar-refractivity contribution is -0.127. The van der Waals surface area contributed by atoms with Gasteiger partial charge in [0.1, 0.15) is 5.75 Å². The van der Waals surface area contributed by atoms with Crippen molar-refractivity contribution < 1.29 is 9.53 Å². The van der Waals surface area contributed by atoms with Crippen LogP contribution in [-0.4, -0.2) is 18.2 Å². The lowest BCUT2D eigenvalue weighted by atomic mass is 10.2. The third-order valence-corrected chi connectivity index (χ3v) is 3.63. The van der Waals surface area contributed by atoms with E-state index in [0.29, 0.717) is 5.75 Å². The number of rotatable bonds is 5. The molecule has 0 saturated carbocycles. The lowest BCUT2D eigenvalue weighted by Crippen LogP contribution is -2.33. The third-order valence-electron chi connectivity index (χ3n) is 2.98. The van der Waals surface area contributed by atoms with E-state index in [1.54, 1.807) is 19.2 Å². The first-order valence-corrected chi connectivity index (χ1v) is 7.66. The van der Waals surface area contributed by atoms with Gasteiger partial charge in [-0.1, -0.05) is 42.0 Å². The molecule has 1 N–H and O–H groups in total. The van der Waals surface area contributed by atoms with E-state index in [0.717, 1.165) is 10.0 Å². The molecule has 2 aromatic rings. The maximum Gasteiger partial charge on any atom is 0.280 e. The van der Waals surface area contributed by atoms with Crippen molar-refractivity contribution in [3.8, 4) is 5.75 Å². The Hall–Kier alpha value is -2.14. The molecule has 0 heterocycles. The summed E-state index contributed by atoms with van der Waals surface area (Å²) in [6.45, 7) is 3.69. The van der Waals surface area contributed by atoms with E-state index in [4.69, 9.17) is 4.74 Å². The monoisotopic (exact) mass is 360 g/mol. The normalized spacial score (nSPS) is 12.1. The minimum atomic E-state index is -0.645. The number of hydrazone groups is 1. The largest absolute Gasteiger partial charge is 0.480 e. The second-order valence-electron chi connectivity index (χ2n) is 4.84. The second-order valence-corrected chi connectivity index (χ2v) is 5.69. The van der Waals surface area contributed by atoms with E-state index in [2.05, 4.69) is 26.5 Å². The molecule has 2 aromatic carbocycles. The van der Waals surface area contributed by atoms with E-state index in [1.165, 1.54) is 5.56 Å². The fourth-order valence-corrected chi connectivity index (χ4v) is 2.08. The molecule has 1 atom stereocenters. The van der Waals surface area contributed by atoms with E-state index < -0.39 is 6.10 Å². The molecule has 22 heavy (non-hydrogen) atoms. The van der Waals surface area contributed by atoms with Gasteiger partial charge in [-0.05, 0) is 47.5 Å². The van der Waals surface area contributed by atoms with Crippen LogP contribution in [0.4, 0.5) is 0 Å². The fraction of sp³-hybridized carbons (Fsp3) is 0.176. The Morgan fingerprint density at radius 2 is 1.91 bits per heavy atom. The van der Waals surface area contributed by atoms with E-state index in [1.807, 2.05) is 49.4 Å². The van der Waals surface area contributed by atoms with Crippen molar-refractivity contribution in [3.05, 3.63) is 64.1 Å². The Morgan fingerprint density at radius 3 is 2.59 bits per heavy atom. The van der Waals surface area contributed by atoms with Gasteiger partial charge in [-0.2, -0.15) is 5.10 Å². The fourth-order valence-electron chi connectivity index (χ4n) is 1.70. The summed E-state index contributed by atoms with van der Waals surface area (Å²) in [7, 11) is 0. The number of hydrogen-bond donors (Lipinski definition) is 1. The molecular weight excluding hydrogens is 344 g/mol. The first-order valence-electron chi connectivity index (χ1n) is 6.87. The molecule has 1 amide bonds. The zero-order valence-corrected chi connectivity index (χ0v) is 14.0. The van der Waals surface area contributed by atoms with Gasteiger partial charge in [0.25, 0.3) is 5.91 Å². The van der Waals surface area contributed by atoms with Gasteiger partial charge in [-0.25, -0.2) is 5.43 Å². The molecule has 1 unspecified atom stereocenters. The van der Waals surface area contributed by atoms with Gasteiger partial charge < -0.3 is 4.74 Å². The average Bonchev–Trinajstić information content (AvgIpc) is 2.51. The van der Waals surface area contributed by atoms with E-state index in [9.17, 15) is 4.79 Å². The molecule has 114 valence electrons. The van der Waals surface area contributed by atoms with Gasteiger partial charge in [0.15, 0.2) is 6.10 Å². The lowest BCUT2D eigenvalue weighted by Gasteiger charge is -2.13. The van der Waals surface area contributed by atoms with Gasteiger partial charge in [0.05, 0.1) is 10.7 Å². The second kappa shape index (κ2) is 7.75. The summed E-state index contributed by atoms with van der Waals surface area (Å²) in [4.78, 5) is 11.9. The molecule has 0 bridgehead atoms. The minimum absolute atomic E-state index is 0.306. The van der Waals surface area contributed by atoms with Crippen LogP contribution in [-0.2, 0) is 4.79 Å². The third kappa shape index (κ3) is 4.70. The van der Waals surface area contributed by atoms with Crippen LogP contribution in [0, 0.1) is 6.92 Å². The average molecular weight is 361 g/mol. The quantitative estimate of drug-likeness (QED) is 0.653. The molecule has 0 aliphatic heterocycles. The number of hydrogen-bond acceptors (Lipinski definition) is 3. The van der Waals surface area contributed by atoms with Crippen molar-refractivity contribution in [3.63, 3.8) is 0 Å². The number of ether oxygens (including phenoxy) is 1. The summed E-state index contributed by atoms with van der Waals surface area (Å²) in [5, 5.41) is 3.94. The summed E-state index contributed by atoms with van der Waals surface area (Å²) in [6.07, 6.45) is 0.955. The van der Waals surface area contributed by atoms with Crippen LogP contribution in [0.1, 0.15) is 18.1 Å². The van der Waals surface area contributed by atoms with Crippen molar-refractivity contribution in [2.45, 2.75) is 20.0 Å². The number of aryl methyl sites for hydroxylation is 1. The molecule has 0 aliphatic carbocycles. The molecule has 0 radical (unpaired) electrons. The maximum atomic E-state index is 11.9. The van der Waals surface area contributed by atoms with Crippen LogP contribution in [0.5, 0.6) is 5.75 Å². The first kappa shape index (κ1) is 16.2. The summed E-state index contributed by atoms with van der Waals surface area (Å²) < 4.78 is 6.40. The van der Waals surface area contributed by atoms with Crippen molar-refractivity contribution in [1.82, 2.24) is 5.43 Å². The predicted octanol–water partition coefficient (Wildman–Crippen LogP) is 3.68. The molecule has 0 aromatic heterocycles. The number of para-hydroxylation sites is 1. The highest BCUT2D eigenvalue weighted by Gasteiger charge is 2.14. The zero-order chi connectivity index (χ0) is 15.9. The summed E-state index contributed by atoms with van der Waals surface area (Å²) >= 11 is 3.38. The van der Waals surface area contributed by atoms with Crippen LogP contribution in [0.3, 0.4) is 0 Å². The van der Waals surface area contributed by atoms with Crippen LogP contribution >= 0.6 is 15.9 Å². The number of nitrogens with zero attached hydrogens (tertiary/aromatic N) is 1. The van der Waals surface area contributed by atoms with Crippen molar-refractivity contribution in [2.24, 2.45) is 5.10 Å². The van der Waals surface area contributed by atoms with Gasteiger partial charge in [0, 0.05) is 0 Å². The molecule has 4 nitrogen and oxygen atoms in total. The Labute approximate surface area is 138 Å². The molecule has 0 saturated heterocycles. The maximum absolute atomic E-state index is 11.9. The van der Waals surface area contributed by atoms with Crippen molar-refractivity contribution in [1.29, 1.82) is 0 Å². The summed E-state index contributed by atoms with van der Waals surface area (Å²) in [6, 6.07) is 15.2. The van der Waals surface area contributed by atoms with E-state index >= 15 is 0 Å². The molecular formula is C17H17BrN2O2. The standard InChI is InChI=1S/C17H17BrN2O2/c1-12-7-9-14(10-8-12)11-19-20-17(21)13(2)22-16-6-4-3-5-15(16)18/h3-11,13H,1-2H3,(H,20,21)/b19-11-. The van der Waals surface area contributed by atoms with Crippen LogP contribution in [0.2, 0.25) is 0 Å². The highest BCUT2D eigenvalue weighted by atomic mass is 79.9. The minimum Gasteiger partial charge on any atom is -0.480 e. The smallest absolute Gasteiger partial charge is 0.280 e. The van der Waals surface area contributed by atoms with Crippen molar-refractivity contribution >= 4 is 28.1 Å². The Kier molecular flexibility index (Phi) is 5.72. The Bertz CT molecular complexity index is 669. The number of amides is 1. The SMILES string of the molecule is Cc1ccc(/C=N\NC(=O)C(C)Oc2ccccc2Br)cc1. The highest BCUT2D eigenvalue weighted by molar-refractivity contribution is 9.10. The highest BCUT2D eigenvalue weighted by Crippen LogP contribution is 2.24. The number of carbonyl (C=O) groups excluding carboxylic acids is 1. The molecule has 0 aliphatic rings. The van der Waals surface area contributed by atoms with Gasteiger partial charge in [-0.3, -0.25) is 4.79 Å². The number of benzene rings is 2. The molecule has 5 heteroatoms. The van der Waals surface area contributed by atoms with Crippen LogP contribution < -0.4 is 10.2 Å². The van der Waals surface area contributed by atoms with Crippen LogP contribution in [0.25, 0.3) is 0 Å². The number of nitrogens with one attached hydrogen (secondary N) is 1. The van der Waals surface area contributed by atoms with Gasteiger partial charge >= 0.3 is 0 Å². The van der Waals surface area contributed by atoms with Gasteiger partial charge in [0.2, 0.25) is 0 Å². The van der Waals surface area contributed by atoms with Crippen molar-refractivity contribution in [2.75, 3.05) is 0 Å². The van der Waals surface area contributed by atoms with Gasteiger partial charge in [-0.15, -0.1) is 0 Å². The molecule has 0 fully saturated rings. The van der Waals surface area contributed by atoms with E-state index in [-0.39, 0.29) is 5.91 Å². The summed E-state index contributed by atoms with van der Waals surface area (Å²) in [5.41, 5.74) is 4.57. The number of halogens is 1. The number of carbonyl (C=O) groups is 1. The Balaban J connectivity index is 1.89. The topological polar surface area (TPSA) is 50.7 Å². The first-order chi connectivity index (χ1) is 10.6. The van der Waals surface area contributed by atoms with Crippen LogP contribution in [0.15, 0.2) is 58.1 Å². The molecule has 2 rings (SSSR count). The predicted molar refractivity (Wildman–Crippen MR) is 91.1 cm³/mol. The molecule has 0 spiro atoms.